The Morgan fingerprint density at radius 3 is 2.46 bits per heavy atom. The van der Waals surface area contributed by atoms with E-state index < -0.39 is 0 Å². The molecule has 28 heavy (non-hydrogen) atoms. The molecule has 146 valence electrons. The molecule has 2 aliphatic rings. The maximum atomic E-state index is 9.77. The van der Waals surface area contributed by atoms with Gasteiger partial charge in [-0.15, -0.1) is 0 Å². The van der Waals surface area contributed by atoms with Crippen molar-refractivity contribution >= 4 is 0 Å². The summed E-state index contributed by atoms with van der Waals surface area (Å²) in [6.45, 7) is 6.26. The Balaban J connectivity index is 1.76. The molecule has 1 unspecified atom stereocenters. The molecule has 0 saturated heterocycles. The topological polar surface area (TPSA) is 29.5 Å². The van der Waals surface area contributed by atoms with Crippen LogP contribution in [0.5, 0.6) is 11.5 Å². The molecule has 0 amide bonds. The lowest BCUT2D eigenvalue weighted by Gasteiger charge is -2.36. The molecule has 2 aromatic carbocycles. The second kappa shape index (κ2) is 7.50. The molecule has 0 aliphatic heterocycles. The van der Waals surface area contributed by atoms with E-state index >= 15 is 0 Å². The molecule has 0 heterocycles. The normalized spacial score (nSPS) is 21.8. The molecule has 0 radical (unpaired) electrons. The summed E-state index contributed by atoms with van der Waals surface area (Å²) in [5.41, 5.74) is 5.32. The first-order chi connectivity index (χ1) is 13.4. The average Bonchev–Trinajstić information content (AvgIpc) is 2.67. The highest BCUT2D eigenvalue weighted by Gasteiger charge is 2.33. The van der Waals surface area contributed by atoms with Gasteiger partial charge in [0.25, 0.3) is 0 Å². The van der Waals surface area contributed by atoms with Gasteiger partial charge < -0.3 is 9.84 Å². The minimum absolute atomic E-state index is 0.195. The van der Waals surface area contributed by atoms with Crippen molar-refractivity contribution in [1.29, 1.82) is 0 Å². The number of hydrogen-bond acceptors (Lipinski definition) is 2. The fraction of sp³-hybridized carbons (Fsp3) is 0.385. The zero-order chi connectivity index (χ0) is 19.7. The smallest absolute Gasteiger partial charge is 0.120 e. The Morgan fingerprint density at radius 2 is 1.79 bits per heavy atom. The lowest BCUT2D eigenvalue weighted by molar-refractivity contribution is 0.130. The molecule has 4 rings (SSSR count). The van der Waals surface area contributed by atoms with E-state index in [2.05, 4.69) is 69.3 Å². The van der Waals surface area contributed by atoms with Crippen molar-refractivity contribution in [3.63, 3.8) is 0 Å². The van der Waals surface area contributed by atoms with Crippen LogP contribution in [-0.2, 0) is 6.42 Å². The lowest BCUT2D eigenvalue weighted by atomic mass is 9.68. The Morgan fingerprint density at radius 1 is 1.00 bits per heavy atom. The number of aromatic hydroxyl groups is 1. The summed E-state index contributed by atoms with van der Waals surface area (Å²) in [6.07, 6.45) is 11.5. The van der Waals surface area contributed by atoms with Crippen LogP contribution in [0, 0.1) is 5.92 Å². The maximum absolute atomic E-state index is 9.77. The third-order valence-corrected chi connectivity index (χ3v) is 5.70. The van der Waals surface area contributed by atoms with Crippen LogP contribution in [0.3, 0.4) is 0 Å². The van der Waals surface area contributed by atoms with E-state index in [0.717, 1.165) is 31.4 Å². The molecular formula is C26H30O2. The van der Waals surface area contributed by atoms with Crippen molar-refractivity contribution in [1.82, 2.24) is 0 Å². The highest BCUT2D eigenvalue weighted by atomic mass is 16.5. The quantitative estimate of drug-likeness (QED) is 0.661. The van der Waals surface area contributed by atoms with E-state index in [1.165, 1.54) is 22.3 Å². The minimum Gasteiger partial charge on any atom is -0.508 e. The molecule has 1 N–H and O–H groups in total. The number of hydrogen-bond donors (Lipinski definition) is 1. The van der Waals surface area contributed by atoms with Gasteiger partial charge in [-0.25, -0.2) is 0 Å². The van der Waals surface area contributed by atoms with Crippen LogP contribution in [-0.4, -0.2) is 10.7 Å². The van der Waals surface area contributed by atoms with Crippen LogP contribution in [0.2, 0.25) is 0 Å². The minimum atomic E-state index is -0.195. The third-order valence-electron chi connectivity index (χ3n) is 5.70. The fourth-order valence-corrected chi connectivity index (χ4v) is 4.57. The highest BCUT2D eigenvalue weighted by Crippen LogP contribution is 2.46. The Labute approximate surface area is 168 Å². The first-order valence-corrected chi connectivity index (χ1v) is 10.4. The molecule has 0 bridgehead atoms. The number of phenolic OH excluding ortho intramolecular Hbond substituents is 1. The molecule has 0 fully saturated rings. The monoisotopic (exact) mass is 374 g/mol. The zero-order valence-electron chi connectivity index (χ0n) is 17.1. The van der Waals surface area contributed by atoms with Gasteiger partial charge in [0.05, 0.1) is 0 Å². The summed E-state index contributed by atoms with van der Waals surface area (Å²) in [4.78, 5) is 0. The van der Waals surface area contributed by atoms with Gasteiger partial charge in [-0.1, -0.05) is 36.4 Å². The molecule has 2 atom stereocenters. The van der Waals surface area contributed by atoms with Crippen LogP contribution in [0.1, 0.15) is 62.6 Å². The van der Waals surface area contributed by atoms with Gasteiger partial charge in [-0.3, -0.25) is 0 Å². The SMILES string of the molecule is CC(C)(C)Oc1ccc2c(c1)CC[C@H](C1=CCCC=C1)C2c1ccc(O)cc1. The standard InChI is InChI=1S/C26H30O2/c1-26(2,3)28-22-14-16-24-20(17-22)11-15-23(18-7-5-4-6-8-18)25(24)19-9-12-21(27)13-10-19/h5,7-10,12-14,16-17,23,25,27H,4,6,11,15H2,1-3H3/t23-,25?/m1/s1. The number of fused-ring (bicyclic) bond motifs is 1. The Kier molecular flexibility index (Phi) is 5.05. The van der Waals surface area contributed by atoms with Crippen LogP contribution < -0.4 is 4.74 Å². The van der Waals surface area contributed by atoms with Gasteiger partial charge in [0.1, 0.15) is 17.1 Å². The van der Waals surface area contributed by atoms with E-state index in [1.807, 2.05) is 12.1 Å². The van der Waals surface area contributed by atoms with Crippen molar-refractivity contribution in [3.8, 4) is 11.5 Å². The summed E-state index contributed by atoms with van der Waals surface area (Å²) < 4.78 is 6.11. The number of rotatable bonds is 3. The Bertz CT molecular complexity index is 897. The van der Waals surface area contributed by atoms with Crippen LogP contribution in [0.15, 0.2) is 66.3 Å². The van der Waals surface area contributed by atoms with Crippen molar-refractivity contribution in [2.75, 3.05) is 0 Å². The maximum Gasteiger partial charge on any atom is 0.120 e. The molecule has 0 aromatic heterocycles. The number of allylic oxidation sites excluding steroid dienone is 4. The predicted molar refractivity (Wildman–Crippen MR) is 115 cm³/mol. The first-order valence-electron chi connectivity index (χ1n) is 10.4. The van der Waals surface area contributed by atoms with Crippen LogP contribution in [0.25, 0.3) is 0 Å². The first kappa shape index (κ1) is 18.9. The fourth-order valence-electron chi connectivity index (χ4n) is 4.57. The second-order valence-corrected chi connectivity index (χ2v) is 8.97. The average molecular weight is 375 g/mol. The van der Waals surface area contributed by atoms with Crippen molar-refractivity contribution < 1.29 is 9.84 Å². The molecule has 2 heteroatoms. The van der Waals surface area contributed by atoms with Crippen LogP contribution in [0.4, 0.5) is 0 Å². The van der Waals surface area contributed by atoms with Gasteiger partial charge in [0.2, 0.25) is 0 Å². The predicted octanol–water partition coefficient (Wildman–Crippen LogP) is 6.54. The van der Waals surface area contributed by atoms with Crippen LogP contribution >= 0.6 is 0 Å². The van der Waals surface area contributed by atoms with Crippen molar-refractivity contribution in [2.24, 2.45) is 5.92 Å². The van der Waals surface area contributed by atoms with E-state index in [0.29, 0.717) is 17.6 Å². The summed E-state index contributed by atoms with van der Waals surface area (Å²) in [5.74, 6) is 2.05. The van der Waals surface area contributed by atoms with E-state index in [1.54, 1.807) is 0 Å². The number of aryl methyl sites for hydroxylation is 1. The summed E-state index contributed by atoms with van der Waals surface area (Å²) >= 11 is 0. The third kappa shape index (κ3) is 4.01. The van der Waals surface area contributed by atoms with Crippen molar-refractivity contribution in [2.45, 2.75) is 58.0 Å². The largest absolute Gasteiger partial charge is 0.508 e. The van der Waals surface area contributed by atoms with Crippen molar-refractivity contribution in [3.05, 3.63) is 83.0 Å². The summed E-state index contributed by atoms with van der Waals surface area (Å²) in [5, 5.41) is 9.77. The lowest BCUT2D eigenvalue weighted by Crippen LogP contribution is -2.25. The van der Waals surface area contributed by atoms with Gasteiger partial charge in [-0.05, 0) is 98.9 Å². The van der Waals surface area contributed by atoms with E-state index in [4.69, 9.17) is 4.74 Å². The van der Waals surface area contributed by atoms with Gasteiger partial charge in [-0.2, -0.15) is 0 Å². The number of phenols is 1. The second-order valence-electron chi connectivity index (χ2n) is 8.97. The zero-order valence-corrected chi connectivity index (χ0v) is 17.1. The van der Waals surface area contributed by atoms with E-state index in [9.17, 15) is 5.11 Å². The number of ether oxygens (including phenoxy) is 1. The molecule has 2 nitrogen and oxygen atoms in total. The molecule has 2 aromatic rings. The summed E-state index contributed by atoms with van der Waals surface area (Å²) in [7, 11) is 0. The van der Waals surface area contributed by atoms with Gasteiger partial charge >= 0.3 is 0 Å². The van der Waals surface area contributed by atoms with Gasteiger partial charge in [0.15, 0.2) is 0 Å². The van der Waals surface area contributed by atoms with Gasteiger partial charge in [0, 0.05) is 5.92 Å². The summed E-state index contributed by atoms with van der Waals surface area (Å²) in [6, 6.07) is 14.4. The van der Waals surface area contributed by atoms with E-state index in [-0.39, 0.29) is 5.60 Å². The Hall–Kier alpha value is -2.48. The molecular weight excluding hydrogens is 344 g/mol. The number of benzene rings is 2. The molecule has 0 saturated carbocycles. The molecule has 2 aliphatic carbocycles. The molecule has 0 spiro atoms. The highest BCUT2D eigenvalue weighted by molar-refractivity contribution is 5.48.